The molecule has 0 aliphatic carbocycles. The van der Waals surface area contributed by atoms with Crippen molar-refractivity contribution >= 4 is 5.96 Å². The van der Waals surface area contributed by atoms with Gasteiger partial charge in [0.25, 0.3) is 0 Å². The van der Waals surface area contributed by atoms with E-state index < -0.39 is 0 Å². The van der Waals surface area contributed by atoms with E-state index in [4.69, 9.17) is 4.99 Å². The summed E-state index contributed by atoms with van der Waals surface area (Å²) in [6, 6.07) is 0.608. The van der Waals surface area contributed by atoms with E-state index in [0.29, 0.717) is 12.6 Å². The Kier molecular flexibility index (Phi) is 8.09. The zero-order valence-electron chi connectivity index (χ0n) is 15.9. The van der Waals surface area contributed by atoms with Crippen LogP contribution in [0.3, 0.4) is 0 Å². The first-order chi connectivity index (χ1) is 10.9. The molecule has 0 amide bonds. The second-order valence-electron chi connectivity index (χ2n) is 6.13. The maximum atomic E-state index is 4.70. The lowest BCUT2D eigenvalue weighted by Gasteiger charge is -2.24. The molecule has 0 saturated carbocycles. The smallest absolute Gasteiger partial charge is 0.191 e. The molecule has 0 bridgehead atoms. The molecule has 1 aromatic heterocycles. The van der Waals surface area contributed by atoms with E-state index in [2.05, 4.69) is 55.4 Å². The van der Waals surface area contributed by atoms with Crippen LogP contribution in [-0.4, -0.2) is 53.4 Å². The van der Waals surface area contributed by atoms with Gasteiger partial charge in [-0.25, -0.2) is 4.99 Å². The minimum absolute atomic E-state index is 0.608. The maximum absolute atomic E-state index is 4.70. The number of likely N-dealkylation sites (N-methyl/N-ethyl adjacent to an activating group) is 1. The molecular formula is C17H34N6. The third kappa shape index (κ3) is 5.86. The Hall–Kier alpha value is -1.56. The molecule has 0 aromatic carbocycles. The molecule has 23 heavy (non-hydrogen) atoms. The molecule has 6 nitrogen and oxygen atoms in total. The predicted molar refractivity (Wildman–Crippen MR) is 97.9 cm³/mol. The Balaban J connectivity index is 2.60. The van der Waals surface area contributed by atoms with Crippen molar-refractivity contribution in [1.82, 2.24) is 25.3 Å². The van der Waals surface area contributed by atoms with Gasteiger partial charge in [0.05, 0.1) is 12.2 Å². The Morgan fingerprint density at radius 2 is 2.00 bits per heavy atom. The molecule has 0 radical (unpaired) electrons. The Labute approximate surface area is 141 Å². The van der Waals surface area contributed by atoms with Crippen molar-refractivity contribution in [2.75, 3.05) is 26.7 Å². The largest absolute Gasteiger partial charge is 0.357 e. The average molecular weight is 323 g/mol. The van der Waals surface area contributed by atoms with E-state index in [9.17, 15) is 0 Å². The van der Waals surface area contributed by atoms with E-state index in [-0.39, 0.29) is 0 Å². The van der Waals surface area contributed by atoms with Crippen molar-refractivity contribution in [3.63, 3.8) is 0 Å². The number of nitrogens with one attached hydrogen (secondary N) is 2. The molecule has 1 aromatic rings. The topological polar surface area (TPSA) is 57.5 Å². The van der Waals surface area contributed by atoms with E-state index in [1.165, 1.54) is 17.7 Å². The monoisotopic (exact) mass is 322 g/mol. The summed E-state index contributed by atoms with van der Waals surface area (Å²) in [7, 11) is 4.14. The second-order valence-corrected chi connectivity index (χ2v) is 6.13. The molecule has 132 valence electrons. The summed E-state index contributed by atoms with van der Waals surface area (Å²) in [6.45, 7) is 14.1. The van der Waals surface area contributed by atoms with Crippen LogP contribution in [0, 0.1) is 13.8 Å². The average Bonchev–Trinajstić information content (AvgIpc) is 2.76. The molecule has 1 unspecified atom stereocenters. The highest BCUT2D eigenvalue weighted by Gasteiger charge is 2.09. The summed E-state index contributed by atoms with van der Waals surface area (Å²) < 4.78 is 1.92. The molecule has 0 saturated heterocycles. The fourth-order valence-electron chi connectivity index (χ4n) is 2.43. The number of hydrogen-bond acceptors (Lipinski definition) is 3. The fourth-order valence-corrected chi connectivity index (χ4v) is 2.43. The van der Waals surface area contributed by atoms with Crippen molar-refractivity contribution in [2.45, 2.75) is 53.6 Å². The van der Waals surface area contributed by atoms with Crippen molar-refractivity contribution in [3.05, 3.63) is 17.0 Å². The van der Waals surface area contributed by atoms with Crippen LogP contribution in [-0.2, 0) is 13.6 Å². The van der Waals surface area contributed by atoms with Gasteiger partial charge < -0.3 is 15.5 Å². The van der Waals surface area contributed by atoms with Gasteiger partial charge in [-0.1, -0.05) is 6.92 Å². The number of hydrogen-bond donors (Lipinski definition) is 2. The van der Waals surface area contributed by atoms with Gasteiger partial charge in [-0.3, -0.25) is 4.68 Å². The minimum Gasteiger partial charge on any atom is -0.357 e. The molecule has 0 aliphatic rings. The normalized spacial score (nSPS) is 13.5. The van der Waals surface area contributed by atoms with Gasteiger partial charge in [0.2, 0.25) is 0 Å². The summed E-state index contributed by atoms with van der Waals surface area (Å²) >= 11 is 0. The Bertz CT molecular complexity index is 505. The van der Waals surface area contributed by atoms with Crippen molar-refractivity contribution < 1.29 is 0 Å². The first kappa shape index (κ1) is 19.5. The van der Waals surface area contributed by atoms with Crippen LogP contribution in [0.25, 0.3) is 0 Å². The van der Waals surface area contributed by atoms with Crippen LogP contribution in [0.1, 0.15) is 44.1 Å². The maximum Gasteiger partial charge on any atom is 0.191 e. The standard InChI is InChI=1S/C17H34N6/c1-8-13(3)22(6)11-10-19-17(18-9-2)20-12-16-14(4)21-23(7)15(16)5/h13H,8-12H2,1-7H3,(H2,18,19,20). The molecule has 0 aliphatic heterocycles. The zero-order chi connectivity index (χ0) is 17.4. The molecule has 1 atom stereocenters. The molecule has 0 spiro atoms. The second kappa shape index (κ2) is 9.55. The van der Waals surface area contributed by atoms with E-state index in [1.54, 1.807) is 0 Å². The van der Waals surface area contributed by atoms with Gasteiger partial charge >= 0.3 is 0 Å². The van der Waals surface area contributed by atoms with E-state index in [0.717, 1.165) is 31.3 Å². The molecule has 0 fully saturated rings. The van der Waals surface area contributed by atoms with Crippen molar-refractivity contribution in [1.29, 1.82) is 0 Å². The van der Waals surface area contributed by atoms with Gasteiger partial charge in [-0.15, -0.1) is 0 Å². The first-order valence-corrected chi connectivity index (χ1v) is 8.62. The van der Waals surface area contributed by atoms with Crippen LogP contribution in [0.4, 0.5) is 0 Å². The third-order valence-corrected chi connectivity index (χ3v) is 4.50. The number of aryl methyl sites for hydroxylation is 2. The Morgan fingerprint density at radius 3 is 2.52 bits per heavy atom. The third-order valence-electron chi connectivity index (χ3n) is 4.50. The molecular weight excluding hydrogens is 288 g/mol. The van der Waals surface area contributed by atoms with Gasteiger partial charge in [0.1, 0.15) is 0 Å². The summed E-state index contributed by atoms with van der Waals surface area (Å²) in [5, 5.41) is 11.2. The van der Waals surface area contributed by atoms with Crippen molar-refractivity contribution in [2.24, 2.45) is 12.0 Å². The van der Waals surface area contributed by atoms with Crippen molar-refractivity contribution in [3.8, 4) is 0 Å². The van der Waals surface area contributed by atoms with Gasteiger partial charge in [0.15, 0.2) is 5.96 Å². The van der Waals surface area contributed by atoms with Gasteiger partial charge in [0, 0.05) is 44.0 Å². The molecule has 1 heterocycles. The van der Waals surface area contributed by atoms with Crippen LogP contribution in [0.2, 0.25) is 0 Å². The zero-order valence-corrected chi connectivity index (χ0v) is 15.9. The Morgan fingerprint density at radius 1 is 1.30 bits per heavy atom. The van der Waals surface area contributed by atoms with Gasteiger partial charge in [-0.2, -0.15) is 5.10 Å². The quantitative estimate of drug-likeness (QED) is 0.566. The van der Waals surface area contributed by atoms with Gasteiger partial charge in [-0.05, 0) is 41.2 Å². The number of aliphatic imine (C=N–C) groups is 1. The van der Waals surface area contributed by atoms with E-state index >= 15 is 0 Å². The number of nitrogens with zero attached hydrogens (tertiary/aromatic N) is 4. The number of aromatic nitrogens is 2. The summed E-state index contributed by atoms with van der Waals surface area (Å²) in [5.41, 5.74) is 3.45. The lowest BCUT2D eigenvalue weighted by molar-refractivity contribution is 0.255. The minimum atomic E-state index is 0.608. The van der Waals surface area contributed by atoms with Crippen LogP contribution in [0.15, 0.2) is 4.99 Å². The van der Waals surface area contributed by atoms with Crippen LogP contribution in [0.5, 0.6) is 0 Å². The first-order valence-electron chi connectivity index (χ1n) is 8.62. The highest BCUT2D eigenvalue weighted by molar-refractivity contribution is 5.79. The summed E-state index contributed by atoms with van der Waals surface area (Å²) in [4.78, 5) is 7.07. The van der Waals surface area contributed by atoms with Crippen LogP contribution < -0.4 is 10.6 Å². The highest BCUT2D eigenvalue weighted by Crippen LogP contribution is 2.12. The number of guanidine groups is 1. The molecule has 6 heteroatoms. The fraction of sp³-hybridized carbons (Fsp3) is 0.765. The van der Waals surface area contributed by atoms with E-state index in [1.807, 2.05) is 18.7 Å². The van der Waals surface area contributed by atoms with Crippen LogP contribution >= 0.6 is 0 Å². The predicted octanol–water partition coefficient (Wildman–Crippen LogP) is 1.82. The summed E-state index contributed by atoms with van der Waals surface area (Å²) in [6.07, 6.45) is 1.17. The lowest BCUT2D eigenvalue weighted by atomic mass is 10.2. The number of rotatable bonds is 8. The SMILES string of the molecule is CCNC(=NCc1c(C)nn(C)c1C)NCCN(C)C(C)CC. The molecule has 2 N–H and O–H groups in total. The molecule has 1 rings (SSSR count). The lowest BCUT2D eigenvalue weighted by Crippen LogP contribution is -2.42. The highest BCUT2D eigenvalue weighted by atomic mass is 15.3. The summed E-state index contributed by atoms with van der Waals surface area (Å²) in [5.74, 6) is 0.868.